The van der Waals surface area contributed by atoms with E-state index in [-0.39, 0.29) is 11.9 Å². The Kier molecular flexibility index (Phi) is 4.44. The zero-order valence-electron chi connectivity index (χ0n) is 10.9. The quantitative estimate of drug-likeness (QED) is 0.781. The number of hydrogen-bond donors (Lipinski definition) is 2. The van der Waals surface area contributed by atoms with Crippen LogP contribution in [0.5, 0.6) is 0 Å². The van der Waals surface area contributed by atoms with Crippen LogP contribution in [0.3, 0.4) is 0 Å². The molecule has 6 heteroatoms. The Morgan fingerprint density at radius 3 is 3.16 bits per heavy atom. The molecule has 0 radical (unpaired) electrons. The number of likely N-dealkylation sites (N-methyl/N-ethyl adjacent to an activating group) is 1. The van der Waals surface area contributed by atoms with Gasteiger partial charge in [-0.1, -0.05) is 18.3 Å². The number of amides is 1. The summed E-state index contributed by atoms with van der Waals surface area (Å²) in [6, 6.07) is 3.76. The molecule has 0 saturated carbocycles. The molecule has 1 unspecified atom stereocenters. The van der Waals surface area contributed by atoms with E-state index in [2.05, 4.69) is 15.2 Å². The van der Waals surface area contributed by atoms with E-state index in [0.717, 1.165) is 24.9 Å². The Bertz CT molecular complexity index is 491. The van der Waals surface area contributed by atoms with Crippen LogP contribution in [0, 0.1) is 0 Å². The van der Waals surface area contributed by atoms with E-state index in [9.17, 15) is 4.79 Å². The topological polar surface area (TPSA) is 71.2 Å². The van der Waals surface area contributed by atoms with Crippen molar-refractivity contribution >= 4 is 23.1 Å². The van der Waals surface area contributed by atoms with E-state index in [1.807, 2.05) is 12.1 Å². The summed E-state index contributed by atoms with van der Waals surface area (Å²) in [6.45, 7) is 1.56. The molecule has 19 heavy (non-hydrogen) atoms. The summed E-state index contributed by atoms with van der Waals surface area (Å²) in [6.07, 6.45) is 3.60. The second-order valence-corrected chi connectivity index (χ2v) is 5.06. The Balaban J connectivity index is 2.17. The molecule has 3 N–H and O–H groups in total. The zero-order valence-corrected chi connectivity index (χ0v) is 11.7. The number of thiocarbonyl (C=S) groups is 1. The van der Waals surface area contributed by atoms with E-state index >= 15 is 0 Å². The summed E-state index contributed by atoms with van der Waals surface area (Å²) < 4.78 is 0. The lowest BCUT2D eigenvalue weighted by atomic mass is 10.1. The summed E-state index contributed by atoms with van der Waals surface area (Å²) in [5, 5.41) is 2.71. The summed E-state index contributed by atoms with van der Waals surface area (Å²) in [4.78, 5) is 18.5. The first-order valence-electron chi connectivity index (χ1n) is 6.33. The minimum Gasteiger partial charge on any atom is -0.388 e. The lowest BCUT2D eigenvalue weighted by Gasteiger charge is -2.23. The van der Waals surface area contributed by atoms with Gasteiger partial charge in [0.2, 0.25) is 5.91 Å². The van der Waals surface area contributed by atoms with Crippen molar-refractivity contribution in [1.29, 1.82) is 0 Å². The number of nitrogens with zero attached hydrogens (tertiary/aromatic N) is 2. The average molecular weight is 278 g/mol. The third-order valence-electron chi connectivity index (χ3n) is 3.41. The predicted octanol–water partition coefficient (Wildman–Crippen LogP) is 0.426. The number of carbonyl (C=O) groups is 1. The Morgan fingerprint density at radius 2 is 2.47 bits per heavy atom. The fourth-order valence-corrected chi connectivity index (χ4v) is 2.67. The number of carbonyl (C=O) groups excluding carboxylic acids is 1. The Labute approximate surface area is 118 Å². The van der Waals surface area contributed by atoms with E-state index in [0.29, 0.717) is 17.2 Å². The van der Waals surface area contributed by atoms with Crippen LogP contribution < -0.4 is 11.1 Å². The van der Waals surface area contributed by atoms with E-state index in [1.54, 1.807) is 13.2 Å². The first-order valence-corrected chi connectivity index (χ1v) is 6.73. The molecule has 1 fully saturated rings. The lowest BCUT2D eigenvalue weighted by Crippen LogP contribution is -2.41. The highest BCUT2D eigenvalue weighted by Crippen LogP contribution is 2.21. The molecule has 1 aliphatic rings. The number of likely N-dealkylation sites (tertiary alicyclic amines) is 1. The van der Waals surface area contributed by atoms with Crippen LogP contribution in [0.4, 0.5) is 0 Å². The van der Waals surface area contributed by atoms with Crippen LogP contribution in [0.2, 0.25) is 0 Å². The molecular weight excluding hydrogens is 260 g/mol. The van der Waals surface area contributed by atoms with Crippen LogP contribution in [0.1, 0.15) is 24.1 Å². The fraction of sp³-hybridized carbons (Fsp3) is 0.462. The highest BCUT2D eigenvalue weighted by molar-refractivity contribution is 7.80. The van der Waals surface area contributed by atoms with E-state index < -0.39 is 0 Å². The molecule has 0 spiro atoms. The van der Waals surface area contributed by atoms with E-state index in [4.69, 9.17) is 18.0 Å². The minimum atomic E-state index is -0.0654. The molecule has 0 bridgehead atoms. The van der Waals surface area contributed by atoms with Gasteiger partial charge in [-0.15, -0.1) is 0 Å². The molecule has 1 saturated heterocycles. The molecule has 0 aliphatic carbocycles. The molecular formula is C13H18N4OS. The van der Waals surface area contributed by atoms with Crippen molar-refractivity contribution in [2.75, 3.05) is 13.6 Å². The first-order chi connectivity index (χ1) is 9.13. The van der Waals surface area contributed by atoms with Crippen LogP contribution >= 0.6 is 12.2 Å². The highest BCUT2D eigenvalue weighted by atomic mass is 32.1. The van der Waals surface area contributed by atoms with Crippen molar-refractivity contribution in [2.24, 2.45) is 5.73 Å². The van der Waals surface area contributed by atoms with Crippen LogP contribution in [0.15, 0.2) is 18.3 Å². The third-order valence-corrected chi connectivity index (χ3v) is 3.60. The molecule has 1 aromatic heterocycles. The number of nitrogens with one attached hydrogen (secondary N) is 1. The second kappa shape index (κ2) is 6.08. The number of pyridine rings is 1. The molecule has 2 rings (SSSR count). The van der Waals surface area contributed by atoms with E-state index in [1.165, 1.54) is 0 Å². The largest absolute Gasteiger partial charge is 0.388 e. The van der Waals surface area contributed by atoms with Gasteiger partial charge in [0.25, 0.3) is 0 Å². The van der Waals surface area contributed by atoms with Crippen LogP contribution in [-0.2, 0) is 11.3 Å². The summed E-state index contributed by atoms with van der Waals surface area (Å²) >= 11 is 5.01. The molecule has 5 nitrogen and oxygen atoms in total. The number of aromatic nitrogens is 1. The highest BCUT2D eigenvalue weighted by Gasteiger charge is 2.30. The molecule has 0 aromatic carbocycles. The van der Waals surface area contributed by atoms with Crippen LogP contribution in [-0.4, -0.2) is 40.4 Å². The van der Waals surface area contributed by atoms with Crippen molar-refractivity contribution in [1.82, 2.24) is 15.2 Å². The maximum atomic E-state index is 11.8. The normalized spacial score (nSPS) is 19.3. The second-order valence-electron chi connectivity index (χ2n) is 4.62. The molecule has 102 valence electrons. The van der Waals surface area contributed by atoms with Crippen molar-refractivity contribution < 1.29 is 4.79 Å². The lowest BCUT2D eigenvalue weighted by molar-refractivity contribution is -0.125. The predicted molar refractivity (Wildman–Crippen MR) is 77.6 cm³/mol. The van der Waals surface area contributed by atoms with Gasteiger partial charge in [0.1, 0.15) is 10.7 Å². The van der Waals surface area contributed by atoms with Crippen molar-refractivity contribution in [3.8, 4) is 0 Å². The van der Waals surface area contributed by atoms with Crippen molar-refractivity contribution in [3.63, 3.8) is 0 Å². The van der Waals surface area contributed by atoms with Gasteiger partial charge in [0, 0.05) is 19.8 Å². The maximum absolute atomic E-state index is 11.8. The first kappa shape index (κ1) is 13.9. The van der Waals surface area contributed by atoms with Crippen molar-refractivity contribution in [2.45, 2.75) is 25.4 Å². The number of hydrogen-bond acceptors (Lipinski definition) is 4. The Hall–Kier alpha value is -1.53. The van der Waals surface area contributed by atoms with Gasteiger partial charge >= 0.3 is 0 Å². The fourth-order valence-electron chi connectivity index (χ4n) is 2.49. The summed E-state index contributed by atoms with van der Waals surface area (Å²) in [7, 11) is 1.67. The van der Waals surface area contributed by atoms with Crippen molar-refractivity contribution in [3.05, 3.63) is 29.6 Å². The maximum Gasteiger partial charge on any atom is 0.237 e. The molecule has 2 heterocycles. The van der Waals surface area contributed by atoms with Gasteiger partial charge in [-0.05, 0) is 31.0 Å². The third kappa shape index (κ3) is 3.08. The van der Waals surface area contributed by atoms with Gasteiger partial charge < -0.3 is 11.1 Å². The Morgan fingerprint density at radius 1 is 1.68 bits per heavy atom. The molecule has 1 amide bonds. The molecule has 1 aliphatic heterocycles. The van der Waals surface area contributed by atoms with Gasteiger partial charge in [-0.2, -0.15) is 0 Å². The van der Waals surface area contributed by atoms with Gasteiger partial charge in [0.15, 0.2) is 0 Å². The van der Waals surface area contributed by atoms with Gasteiger partial charge in [-0.25, -0.2) is 0 Å². The molecule has 1 aromatic rings. The SMILES string of the molecule is CNC(=O)C1CCCN1Cc1cccnc1C(N)=S. The number of nitrogens with two attached hydrogens (primary N) is 1. The van der Waals surface area contributed by atoms with Gasteiger partial charge in [-0.3, -0.25) is 14.7 Å². The van der Waals surface area contributed by atoms with Crippen LogP contribution in [0.25, 0.3) is 0 Å². The standard InChI is InChI=1S/C13H18N4OS/c1-15-13(18)10-5-3-7-17(10)8-9-4-2-6-16-11(9)12(14)19/h2,4,6,10H,3,5,7-8H2,1H3,(H2,14,19)(H,15,18). The minimum absolute atomic E-state index is 0.0654. The summed E-state index contributed by atoms with van der Waals surface area (Å²) in [5.74, 6) is 0.0678. The zero-order chi connectivity index (χ0) is 13.8. The summed E-state index contributed by atoms with van der Waals surface area (Å²) in [5.41, 5.74) is 7.31. The average Bonchev–Trinajstić information content (AvgIpc) is 2.86. The smallest absolute Gasteiger partial charge is 0.237 e. The number of rotatable bonds is 4. The molecule has 1 atom stereocenters. The monoisotopic (exact) mass is 278 g/mol. The van der Waals surface area contributed by atoms with Gasteiger partial charge in [0.05, 0.1) is 6.04 Å².